The smallest absolute Gasteiger partial charge is 0.339 e. The van der Waals surface area contributed by atoms with Crippen LogP contribution in [0.3, 0.4) is 0 Å². The van der Waals surface area contributed by atoms with E-state index in [0.717, 1.165) is 11.1 Å². The molecule has 5 rings (SSSR count). The van der Waals surface area contributed by atoms with Gasteiger partial charge in [-0.3, -0.25) is 9.59 Å². The van der Waals surface area contributed by atoms with E-state index in [2.05, 4.69) is 5.32 Å². The number of nitrogens with one attached hydrogen (secondary N) is 1. The van der Waals surface area contributed by atoms with Gasteiger partial charge in [0.05, 0.1) is 34.1 Å². The number of carboxylic acid groups (broad SMARTS) is 1. The zero-order valence-corrected chi connectivity index (χ0v) is 30.7. The lowest BCUT2D eigenvalue weighted by molar-refractivity contribution is -0.150. The van der Waals surface area contributed by atoms with E-state index in [1.54, 1.807) is 52.0 Å². The second-order valence-corrected chi connectivity index (χ2v) is 17.7. The summed E-state index contributed by atoms with van der Waals surface area (Å²) >= 11 is 12.6. The summed E-state index contributed by atoms with van der Waals surface area (Å²) in [5, 5.41) is 12.5. The number of carbonyl (C=O) groups excluding carboxylic acids is 2. The summed E-state index contributed by atoms with van der Waals surface area (Å²) in [6.45, 7) is 6.47. The number of allylic oxidation sites excluding steroid dienone is 1. The average Bonchev–Trinajstić information content (AvgIpc) is 3.87. The number of halogens is 3. The second kappa shape index (κ2) is 14.0. The molecule has 0 bridgehead atoms. The van der Waals surface area contributed by atoms with Crippen molar-refractivity contribution >= 4 is 56.5 Å². The van der Waals surface area contributed by atoms with Gasteiger partial charge in [-0.15, -0.1) is 0 Å². The van der Waals surface area contributed by atoms with Crippen LogP contribution in [0, 0.1) is 11.2 Å². The second-order valence-electron chi connectivity index (χ2n) is 14.1. The molecule has 13 heteroatoms. The zero-order valence-electron chi connectivity index (χ0n) is 28.3. The van der Waals surface area contributed by atoms with Gasteiger partial charge in [-0.25, -0.2) is 17.6 Å². The molecule has 9 nitrogen and oxygen atoms in total. The van der Waals surface area contributed by atoms with Gasteiger partial charge in [0.1, 0.15) is 17.1 Å². The van der Waals surface area contributed by atoms with E-state index < -0.39 is 61.3 Å². The number of amides is 2. The number of hydrogen-bond donors (Lipinski definition) is 2. The molecule has 50 heavy (non-hydrogen) atoms. The Hall–Kier alpha value is -3.93. The highest BCUT2D eigenvalue weighted by Gasteiger charge is 2.53. The minimum Gasteiger partial charge on any atom is -0.496 e. The van der Waals surface area contributed by atoms with Crippen molar-refractivity contribution in [1.82, 2.24) is 4.90 Å². The molecule has 266 valence electrons. The Morgan fingerprint density at radius 3 is 2.34 bits per heavy atom. The van der Waals surface area contributed by atoms with E-state index in [-0.39, 0.29) is 34.9 Å². The van der Waals surface area contributed by atoms with Gasteiger partial charge in [0.15, 0.2) is 9.84 Å². The number of carboxylic acids is 1. The molecule has 2 fully saturated rings. The number of hydrogen-bond acceptors (Lipinski definition) is 6. The van der Waals surface area contributed by atoms with Gasteiger partial charge >= 0.3 is 5.97 Å². The first-order valence-electron chi connectivity index (χ1n) is 16.0. The zero-order chi connectivity index (χ0) is 36.8. The van der Waals surface area contributed by atoms with Crippen molar-refractivity contribution in [3.05, 3.63) is 104 Å². The minimum atomic E-state index is -3.80. The summed E-state index contributed by atoms with van der Waals surface area (Å²) in [6.07, 6.45) is 1.00. The van der Waals surface area contributed by atoms with Crippen LogP contribution in [0.5, 0.6) is 5.75 Å². The highest BCUT2D eigenvalue weighted by molar-refractivity contribution is 7.92. The summed E-state index contributed by atoms with van der Waals surface area (Å²) in [6, 6.07) is 14.6. The van der Waals surface area contributed by atoms with Crippen molar-refractivity contribution in [2.45, 2.75) is 70.1 Å². The Labute approximate surface area is 301 Å². The number of methoxy groups -OCH3 is 1. The minimum absolute atomic E-state index is 0.0428. The Kier molecular flexibility index (Phi) is 10.5. The lowest BCUT2D eigenvalue weighted by Gasteiger charge is -2.50. The molecule has 1 aliphatic carbocycles. The maximum Gasteiger partial charge on any atom is 0.339 e. The molecule has 0 radical (unpaired) electrons. The summed E-state index contributed by atoms with van der Waals surface area (Å²) < 4.78 is 46.7. The van der Waals surface area contributed by atoms with Gasteiger partial charge in [0.25, 0.3) is 0 Å². The fourth-order valence-electron chi connectivity index (χ4n) is 6.43. The molecular weight excluding hydrogens is 706 g/mol. The number of carbonyl (C=O) groups is 3. The van der Waals surface area contributed by atoms with Crippen molar-refractivity contribution in [2.75, 3.05) is 18.2 Å². The largest absolute Gasteiger partial charge is 0.496 e. The molecule has 1 saturated heterocycles. The number of rotatable bonds is 10. The first-order chi connectivity index (χ1) is 23.3. The number of sulfone groups is 1. The molecule has 3 atom stereocenters. The lowest BCUT2D eigenvalue weighted by Crippen LogP contribution is -2.53. The normalized spacial score (nSPS) is 20.8. The van der Waals surface area contributed by atoms with Gasteiger partial charge in [0, 0.05) is 34.8 Å². The quantitative estimate of drug-likeness (QED) is 0.214. The van der Waals surface area contributed by atoms with Crippen LogP contribution in [-0.2, 0) is 19.4 Å². The molecule has 1 saturated carbocycles. The van der Waals surface area contributed by atoms with Crippen molar-refractivity contribution in [3.8, 4) is 5.75 Å². The Morgan fingerprint density at radius 2 is 1.76 bits per heavy atom. The third kappa shape index (κ3) is 7.70. The highest BCUT2D eigenvalue weighted by atomic mass is 35.5. The molecule has 0 aromatic heterocycles. The van der Waals surface area contributed by atoms with Crippen LogP contribution in [0.1, 0.15) is 86.8 Å². The third-order valence-electron chi connectivity index (χ3n) is 9.35. The van der Waals surface area contributed by atoms with Crippen molar-refractivity contribution in [3.63, 3.8) is 0 Å². The van der Waals surface area contributed by atoms with Crippen LogP contribution in [0.4, 0.5) is 10.1 Å². The van der Waals surface area contributed by atoms with Gasteiger partial charge in [-0.2, -0.15) is 0 Å². The Bertz CT molecular complexity index is 2000. The van der Waals surface area contributed by atoms with E-state index in [9.17, 15) is 23.1 Å². The molecule has 3 aromatic carbocycles. The first kappa shape index (κ1) is 37.3. The molecule has 2 N–H and O–H groups in total. The maximum absolute atomic E-state index is 15.1. The topological polar surface area (TPSA) is 130 Å². The number of anilines is 1. The molecule has 1 heterocycles. The van der Waals surface area contributed by atoms with E-state index in [4.69, 9.17) is 27.9 Å². The predicted octanol–water partition coefficient (Wildman–Crippen LogP) is 8.19. The van der Waals surface area contributed by atoms with E-state index in [1.807, 2.05) is 6.07 Å². The van der Waals surface area contributed by atoms with Gasteiger partial charge in [-0.05, 0) is 93.1 Å². The van der Waals surface area contributed by atoms with E-state index >= 15 is 9.18 Å². The molecule has 0 unspecified atom stereocenters. The Balaban J connectivity index is 1.65. The molecule has 2 amide bonds. The highest BCUT2D eigenvalue weighted by Crippen LogP contribution is 2.54. The van der Waals surface area contributed by atoms with Crippen molar-refractivity contribution in [2.24, 2.45) is 5.41 Å². The SMILES string of the molecule is COc1cc(NC(=O)C[C@@]2(C)C[C@H](c3cccc(Cl)c3)[C@@H](c3ccc(Cl)c(F)c3)N(C(CS(=O)(=O)C(C)(C)C)=C3CC3)C2=O)ccc1C(=O)O. The van der Waals surface area contributed by atoms with E-state index in [0.29, 0.717) is 29.1 Å². The number of ether oxygens (including phenoxy) is 1. The molecule has 3 aromatic rings. The molecule has 1 aliphatic heterocycles. The van der Waals surface area contributed by atoms with Crippen LogP contribution in [-0.4, -0.2) is 53.8 Å². The molecular formula is C37H39Cl2FN2O7S. The monoisotopic (exact) mass is 744 g/mol. The Morgan fingerprint density at radius 1 is 1.06 bits per heavy atom. The van der Waals surface area contributed by atoms with Crippen LogP contribution in [0.2, 0.25) is 10.0 Å². The van der Waals surface area contributed by atoms with Crippen LogP contribution < -0.4 is 10.1 Å². The predicted molar refractivity (Wildman–Crippen MR) is 191 cm³/mol. The van der Waals surface area contributed by atoms with Crippen molar-refractivity contribution < 1.29 is 37.0 Å². The molecule has 0 spiro atoms. The van der Waals surface area contributed by atoms with Crippen LogP contribution >= 0.6 is 23.2 Å². The fraction of sp³-hybridized carbons (Fsp3) is 0.378. The standard InChI is InChI=1S/C37H39Cl2FN2O7S/c1-36(2,3)50(47,48)20-30(21-9-10-21)42-33(23-11-14-28(39)29(40)16-23)27(22-7-6-8-24(38)15-22)18-37(4,35(42)46)19-32(43)41-25-12-13-26(34(44)45)31(17-25)49-5/h6-8,11-17,27,33H,9-10,18-20H2,1-5H3,(H,41,43)(H,44,45)/t27-,33-,37-/m1/s1. The van der Waals surface area contributed by atoms with Crippen LogP contribution in [0.15, 0.2) is 71.9 Å². The lowest BCUT2D eigenvalue weighted by atomic mass is 9.67. The van der Waals surface area contributed by atoms with Crippen molar-refractivity contribution in [1.29, 1.82) is 0 Å². The number of aromatic carboxylic acids is 1. The fourth-order valence-corrected chi connectivity index (χ4v) is 7.88. The van der Waals surface area contributed by atoms with Gasteiger partial charge in [0.2, 0.25) is 11.8 Å². The maximum atomic E-state index is 15.1. The van der Waals surface area contributed by atoms with Gasteiger partial charge in [-0.1, -0.05) is 48.3 Å². The number of likely N-dealkylation sites (tertiary alicyclic amines) is 1. The number of nitrogens with zero attached hydrogens (tertiary/aromatic N) is 1. The average molecular weight is 746 g/mol. The summed E-state index contributed by atoms with van der Waals surface area (Å²) in [5.41, 5.74) is 1.06. The summed E-state index contributed by atoms with van der Waals surface area (Å²) in [4.78, 5) is 41.8. The van der Waals surface area contributed by atoms with E-state index in [1.165, 1.54) is 42.3 Å². The van der Waals surface area contributed by atoms with Crippen LogP contribution in [0.25, 0.3) is 0 Å². The summed E-state index contributed by atoms with van der Waals surface area (Å²) in [5.74, 6) is -3.85. The number of benzene rings is 3. The van der Waals surface area contributed by atoms with Gasteiger partial charge < -0.3 is 20.1 Å². The third-order valence-corrected chi connectivity index (χ3v) is 12.4. The number of piperidine rings is 1. The first-order valence-corrected chi connectivity index (χ1v) is 18.4. The summed E-state index contributed by atoms with van der Waals surface area (Å²) in [7, 11) is -2.49. The molecule has 2 aliphatic rings.